The number of benzene rings is 1. The number of halogens is 1. The molecule has 0 radical (unpaired) electrons. The van der Waals surface area contributed by atoms with Gasteiger partial charge in [-0.1, -0.05) is 41.9 Å². The number of thiophene rings is 1. The predicted octanol–water partition coefficient (Wildman–Crippen LogP) is 4.86. The van der Waals surface area contributed by atoms with Gasteiger partial charge in [-0.05, 0) is 18.4 Å². The van der Waals surface area contributed by atoms with Crippen LogP contribution in [0.3, 0.4) is 0 Å². The average Bonchev–Trinajstić information content (AvgIpc) is 3.17. The Bertz CT molecular complexity index is 782. The summed E-state index contributed by atoms with van der Waals surface area (Å²) in [5.41, 5.74) is 2.23. The van der Waals surface area contributed by atoms with E-state index in [1.807, 2.05) is 18.2 Å². The van der Waals surface area contributed by atoms with Gasteiger partial charge in [0, 0.05) is 17.6 Å². The summed E-state index contributed by atoms with van der Waals surface area (Å²) in [5, 5.41) is 3.56. The van der Waals surface area contributed by atoms with Crippen molar-refractivity contribution in [2.24, 2.45) is 0 Å². The number of fused-ring (bicyclic) bond motifs is 1. The zero-order valence-electron chi connectivity index (χ0n) is 11.3. The lowest BCUT2D eigenvalue weighted by Crippen LogP contribution is -2.02. The molecule has 2 aromatic heterocycles. The Hall–Kier alpha value is -1.49. The number of nitrogens with zero attached hydrogens (tertiary/aromatic N) is 2. The first-order valence-corrected chi connectivity index (χ1v) is 8.20. The van der Waals surface area contributed by atoms with Crippen molar-refractivity contribution < 1.29 is 4.74 Å². The number of ether oxygens (including phenoxy) is 1. The fourth-order valence-corrected chi connectivity index (χ4v) is 3.96. The molecule has 0 amide bonds. The maximum absolute atomic E-state index is 6.44. The molecule has 4 rings (SSSR count). The van der Waals surface area contributed by atoms with Gasteiger partial charge in [0.25, 0.3) is 0 Å². The quantitative estimate of drug-likeness (QED) is 0.633. The highest BCUT2D eigenvalue weighted by molar-refractivity contribution is 7.17. The van der Waals surface area contributed by atoms with E-state index in [0.29, 0.717) is 11.0 Å². The van der Waals surface area contributed by atoms with Crippen LogP contribution in [-0.4, -0.2) is 16.6 Å². The Kier molecular flexibility index (Phi) is 3.37. The third kappa shape index (κ3) is 2.33. The Morgan fingerprint density at radius 1 is 1.19 bits per heavy atom. The maximum Gasteiger partial charge on any atom is 0.160 e. The van der Waals surface area contributed by atoms with Crippen LogP contribution in [-0.2, 0) is 4.74 Å². The number of hydrogen-bond donors (Lipinski definition) is 0. The molecule has 3 aromatic rings. The second-order valence-electron chi connectivity index (χ2n) is 5.07. The molecular weight excluding hydrogens is 304 g/mol. The van der Waals surface area contributed by atoms with E-state index in [0.717, 1.165) is 40.8 Å². The minimum Gasteiger partial charge on any atom is -0.370 e. The van der Waals surface area contributed by atoms with Crippen LogP contribution in [0.15, 0.2) is 35.7 Å². The van der Waals surface area contributed by atoms with Crippen molar-refractivity contribution in [1.29, 1.82) is 0 Å². The van der Waals surface area contributed by atoms with E-state index >= 15 is 0 Å². The van der Waals surface area contributed by atoms with Crippen molar-refractivity contribution in [2.45, 2.75) is 18.9 Å². The molecule has 1 aromatic carbocycles. The number of rotatable bonds is 2. The van der Waals surface area contributed by atoms with E-state index in [9.17, 15) is 0 Å². The maximum atomic E-state index is 6.44. The Morgan fingerprint density at radius 3 is 2.81 bits per heavy atom. The SMILES string of the molecule is Clc1nc(C2CCCO2)nc2scc(-c3ccccc3)c12. The average molecular weight is 317 g/mol. The van der Waals surface area contributed by atoms with Gasteiger partial charge in [-0.25, -0.2) is 9.97 Å². The molecular formula is C16H13ClN2OS. The Balaban J connectivity index is 1.85. The molecule has 1 aliphatic heterocycles. The van der Waals surface area contributed by atoms with Gasteiger partial charge < -0.3 is 4.74 Å². The van der Waals surface area contributed by atoms with E-state index in [4.69, 9.17) is 16.3 Å². The lowest BCUT2D eigenvalue weighted by molar-refractivity contribution is 0.105. The number of aromatic nitrogens is 2. The van der Waals surface area contributed by atoms with Crippen LogP contribution in [0.25, 0.3) is 21.3 Å². The fourth-order valence-electron chi connectivity index (χ4n) is 2.67. The van der Waals surface area contributed by atoms with Gasteiger partial charge in [0.2, 0.25) is 0 Å². The van der Waals surface area contributed by atoms with Crippen LogP contribution in [0, 0.1) is 0 Å². The first-order chi connectivity index (χ1) is 10.3. The lowest BCUT2D eigenvalue weighted by Gasteiger charge is -2.08. The van der Waals surface area contributed by atoms with E-state index < -0.39 is 0 Å². The first-order valence-electron chi connectivity index (χ1n) is 6.94. The van der Waals surface area contributed by atoms with E-state index in [1.165, 1.54) is 0 Å². The molecule has 106 valence electrons. The summed E-state index contributed by atoms with van der Waals surface area (Å²) >= 11 is 8.04. The molecule has 21 heavy (non-hydrogen) atoms. The lowest BCUT2D eigenvalue weighted by atomic mass is 10.1. The van der Waals surface area contributed by atoms with Gasteiger partial charge >= 0.3 is 0 Å². The van der Waals surface area contributed by atoms with E-state index in [-0.39, 0.29) is 6.10 Å². The smallest absolute Gasteiger partial charge is 0.160 e. The molecule has 0 spiro atoms. The van der Waals surface area contributed by atoms with Crippen molar-refractivity contribution >= 4 is 33.2 Å². The molecule has 0 aliphatic carbocycles. The molecule has 3 nitrogen and oxygen atoms in total. The Morgan fingerprint density at radius 2 is 2.05 bits per heavy atom. The summed E-state index contributed by atoms with van der Waals surface area (Å²) in [4.78, 5) is 10.1. The van der Waals surface area contributed by atoms with Gasteiger partial charge in [0.15, 0.2) is 5.82 Å². The normalized spacial score (nSPS) is 18.4. The van der Waals surface area contributed by atoms with Crippen LogP contribution >= 0.6 is 22.9 Å². The van der Waals surface area contributed by atoms with Crippen molar-refractivity contribution in [1.82, 2.24) is 9.97 Å². The molecule has 1 saturated heterocycles. The van der Waals surface area contributed by atoms with Crippen molar-refractivity contribution in [3.05, 3.63) is 46.7 Å². The summed E-state index contributed by atoms with van der Waals surface area (Å²) in [6, 6.07) is 10.2. The van der Waals surface area contributed by atoms with Gasteiger partial charge in [-0.3, -0.25) is 0 Å². The molecule has 1 fully saturated rings. The number of hydrogen-bond acceptors (Lipinski definition) is 4. The van der Waals surface area contributed by atoms with Gasteiger partial charge in [0.1, 0.15) is 16.1 Å². The zero-order valence-corrected chi connectivity index (χ0v) is 12.8. The molecule has 1 atom stereocenters. The topological polar surface area (TPSA) is 35.0 Å². The van der Waals surface area contributed by atoms with Crippen LogP contribution in [0.2, 0.25) is 5.15 Å². The largest absolute Gasteiger partial charge is 0.370 e. The minimum absolute atomic E-state index is 0.00539. The zero-order chi connectivity index (χ0) is 14.2. The summed E-state index contributed by atoms with van der Waals surface area (Å²) in [6.07, 6.45) is 2.02. The van der Waals surface area contributed by atoms with E-state index in [2.05, 4.69) is 27.5 Å². The van der Waals surface area contributed by atoms with Crippen molar-refractivity contribution in [2.75, 3.05) is 6.61 Å². The fraction of sp³-hybridized carbons (Fsp3) is 0.250. The van der Waals surface area contributed by atoms with Gasteiger partial charge in [-0.2, -0.15) is 0 Å². The second-order valence-corrected chi connectivity index (χ2v) is 6.29. The van der Waals surface area contributed by atoms with Crippen LogP contribution in [0.5, 0.6) is 0 Å². The van der Waals surface area contributed by atoms with Crippen molar-refractivity contribution in [3.8, 4) is 11.1 Å². The monoisotopic (exact) mass is 316 g/mol. The summed E-state index contributed by atoms with van der Waals surface area (Å²) in [7, 11) is 0. The third-order valence-corrected chi connectivity index (χ3v) is 4.85. The second kappa shape index (κ2) is 5.37. The summed E-state index contributed by atoms with van der Waals surface area (Å²) in [5.74, 6) is 0.714. The molecule has 0 bridgehead atoms. The van der Waals surface area contributed by atoms with Gasteiger partial charge in [0.05, 0.1) is 5.39 Å². The molecule has 0 N–H and O–H groups in total. The molecule has 5 heteroatoms. The Labute approximate surface area is 131 Å². The first kappa shape index (κ1) is 13.2. The highest BCUT2D eigenvalue weighted by Crippen LogP contribution is 2.38. The van der Waals surface area contributed by atoms with Crippen LogP contribution < -0.4 is 0 Å². The third-order valence-electron chi connectivity index (χ3n) is 3.71. The highest BCUT2D eigenvalue weighted by Gasteiger charge is 2.23. The predicted molar refractivity (Wildman–Crippen MR) is 85.8 cm³/mol. The molecule has 1 aliphatic rings. The molecule has 1 unspecified atom stereocenters. The van der Waals surface area contributed by atoms with Crippen molar-refractivity contribution in [3.63, 3.8) is 0 Å². The molecule has 0 saturated carbocycles. The standard InChI is InChI=1S/C16H13ClN2OS/c17-14-13-11(10-5-2-1-3-6-10)9-21-16(13)19-15(18-14)12-7-4-8-20-12/h1-3,5-6,9,12H,4,7-8H2. The van der Waals surface area contributed by atoms with E-state index in [1.54, 1.807) is 11.3 Å². The highest BCUT2D eigenvalue weighted by atomic mass is 35.5. The minimum atomic E-state index is -0.00539. The van der Waals surface area contributed by atoms with Crippen LogP contribution in [0.4, 0.5) is 0 Å². The van der Waals surface area contributed by atoms with Crippen LogP contribution in [0.1, 0.15) is 24.8 Å². The summed E-state index contributed by atoms with van der Waals surface area (Å²) < 4.78 is 5.66. The molecule has 3 heterocycles. The summed E-state index contributed by atoms with van der Waals surface area (Å²) in [6.45, 7) is 0.781. The van der Waals surface area contributed by atoms with Gasteiger partial charge in [-0.15, -0.1) is 11.3 Å².